The summed E-state index contributed by atoms with van der Waals surface area (Å²) in [7, 11) is 0. The molecule has 0 aliphatic rings. The summed E-state index contributed by atoms with van der Waals surface area (Å²) < 4.78 is 6.36. The van der Waals surface area contributed by atoms with Crippen LogP contribution >= 0.6 is 27.3 Å². The summed E-state index contributed by atoms with van der Waals surface area (Å²) in [5.41, 5.74) is 1.50. The second-order valence-corrected chi connectivity index (χ2v) is 6.55. The van der Waals surface area contributed by atoms with E-state index in [1.54, 1.807) is 35.6 Å². The number of aliphatic hydroxyl groups is 1. The fraction of sp³-hybridized carbons (Fsp3) is 0.118. The Bertz CT molecular complexity index is 798. The van der Waals surface area contributed by atoms with Gasteiger partial charge in [-0.2, -0.15) is 11.3 Å². The van der Waals surface area contributed by atoms with Crippen LogP contribution in [0.5, 0.6) is 0 Å². The Balaban J connectivity index is 1.62. The van der Waals surface area contributed by atoms with E-state index in [9.17, 15) is 9.90 Å². The minimum atomic E-state index is -0.895. The molecule has 3 rings (SSSR count). The summed E-state index contributed by atoms with van der Waals surface area (Å²) in [4.78, 5) is 12.1. The molecule has 0 unspecified atom stereocenters. The van der Waals surface area contributed by atoms with Crippen molar-refractivity contribution in [1.29, 1.82) is 0 Å². The van der Waals surface area contributed by atoms with Gasteiger partial charge >= 0.3 is 0 Å². The second-order valence-electron chi connectivity index (χ2n) is 4.92. The van der Waals surface area contributed by atoms with E-state index in [4.69, 9.17) is 4.42 Å². The number of aliphatic hydroxyl groups excluding tert-OH is 1. The molecule has 2 N–H and O–H groups in total. The SMILES string of the molecule is O=C(NC[C@H](O)c1ccc(-c2ccsc2)o1)c1ccccc1Br. The molecule has 3 aromatic rings. The van der Waals surface area contributed by atoms with E-state index < -0.39 is 6.10 Å². The van der Waals surface area contributed by atoms with Crippen LogP contribution in [0.1, 0.15) is 22.2 Å². The lowest BCUT2D eigenvalue weighted by Gasteiger charge is -2.10. The van der Waals surface area contributed by atoms with Gasteiger partial charge < -0.3 is 14.8 Å². The number of nitrogens with one attached hydrogen (secondary N) is 1. The fourth-order valence-electron chi connectivity index (χ4n) is 2.12. The molecule has 118 valence electrons. The molecule has 4 nitrogen and oxygen atoms in total. The van der Waals surface area contributed by atoms with Gasteiger partial charge in [-0.3, -0.25) is 4.79 Å². The highest BCUT2D eigenvalue weighted by Gasteiger charge is 2.16. The number of hydrogen-bond acceptors (Lipinski definition) is 4. The van der Waals surface area contributed by atoms with Crippen LogP contribution in [0.4, 0.5) is 0 Å². The minimum Gasteiger partial charge on any atom is -0.458 e. The van der Waals surface area contributed by atoms with E-state index in [0.29, 0.717) is 21.6 Å². The van der Waals surface area contributed by atoms with E-state index in [2.05, 4.69) is 21.2 Å². The predicted octanol–water partition coefficient (Wildman–Crippen LogP) is 4.23. The Morgan fingerprint density at radius 1 is 1.26 bits per heavy atom. The van der Waals surface area contributed by atoms with Crippen LogP contribution < -0.4 is 5.32 Å². The number of hydrogen-bond donors (Lipinski definition) is 2. The Hall–Kier alpha value is -1.89. The van der Waals surface area contributed by atoms with Crippen molar-refractivity contribution in [1.82, 2.24) is 5.32 Å². The Kier molecular flexibility index (Phi) is 4.95. The molecule has 0 spiro atoms. The van der Waals surface area contributed by atoms with Gasteiger partial charge in [-0.25, -0.2) is 0 Å². The lowest BCUT2D eigenvalue weighted by molar-refractivity contribution is 0.0901. The summed E-state index contributed by atoms with van der Waals surface area (Å²) in [6.07, 6.45) is -0.895. The molecule has 0 aliphatic heterocycles. The van der Waals surface area contributed by atoms with Crippen LogP contribution in [0.2, 0.25) is 0 Å². The maximum Gasteiger partial charge on any atom is 0.252 e. The molecule has 2 aromatic heterocycles. The van der Waals surface area contributed by atoms with Crippen molar-refractivity contribution < 1.29 is 14.3 Å². The lowest BCUT2D eigenvalue weighted by atomic mass is 10.2. The van der Waals surface area contributed by atoms with Crippen molar-refractivity contribution in [3.63, 3.8) is 0 Å². The summed E-state index contributed by atoms with van der Waals surface area (Å²) in [5.74, 6) is 0.886. The van der Waals surface area contributed by atoms with Crippen molar-refractivity contribution in [2.24, 2.45) is 0 Å². The van der Waals surface area contributed by atoms with Crippen LogP contribution in [0.25, 0.3) is 11.3 Å². The zero-order chi connectivity index (χ0) is 16.2. The number of carbonyl (C=O) groups is 1. The molecule has 6 heteroatoms. The van der Waals surface area contributed by atoms with Gasteiger partial charge in [-0.15, -0.1) is 0 Å². The van der Waals surface area contributed by atoms with Crippen molar-refractivity contribution in [2.45, 2.75) is 6.10 Å². The second kappa shape index (κ2) is 7.12. The van der Waals surface area contributed by atoms with Crippen LogP contribution in [0, 0.1) is 0 Å². The average molecular weight is 392 g/mol. The summed E-state index contributed by atoms with van der Waals surface area (Å²) in [6.45, 7) is 0.0801. The van der Waals surface area contributed by atoms with E-state index in [1.807, 2.05) is 29.0 Å². The summed E-state index contributed by atoms with van der Waals surface area (Å²) >= 11 is 4.91. The van der Waals surface area contributed by atoms with Crippen molar-refractivity contribution in [3.8, 4) is 11.3 Å². The first-order valence-electron chi connectivity index (χ1n) is 6.98. The molecular formula is C17H14BrNO3S. The van der Waals surface area contributed by atoms with Gasteiger partial charge in [0.25, 0.3) is 5.91 Å². The monoisotopic (exact) mass is 391 g/mol. The number of rotatable bonds is 5. The topological polar surface area (TPSA) is 62.5 Å². The van der Waals surface area contributed by atoms with Crippen LogP contribution in [0.15, 0.2) is 62.1 Å². The number of benzene rings is 1. The highest BCUT2D eigenvalue weighted by atomic mass is 79.9. The van der Waals surface area contributed by atoms with E-state index in [0.717, 1.165) is 5.56 Å². The number of furan rings is 1. The first kappa shape index (κ1) is 16.0. The number of thiophene rings is 1. The molecule has 0 saturated carbocycles. The summed E-state index contributed by atoms with van der Waals surface area (Å²) in [5, 5.41) is 16.8. The zero-order valence-electron chi connectivity index (χ0n) is 12.0. The molecule has 1 atom stereocenters. The van der Waals surface area contributed by atoms with E-state index in [1.165, 1.54) is 0 Å². The number of carbonyl (C=O) groups excluding carboxylic acids is 1. The van der Waals surface area contributed by atoms with Gasteiger partial charge in [-0.1, -0.05) is 12.1 Å². The van der Waals surface area contributed by atoms with Gasteiger partial charge in [0.1, 0.15) is 17.6 Å². The number of halogens is 1. The quantitative estimate of drug-likeness (QED) is 0.683. The predicted molar refractivity (Wildman–Crippen MR) is 93.5 cm³/mol. The molecule has 2 heterocycles. The third-order valence-electron chi connectivity index (χ3n) is 3.34. The molecular weight excluding hydrogens is 378 g/mol. The standard InChI is InChI=1S/C17H14BrNO3S/c18-13-4-2-1-3-12(13)17(21)19-9-14(20)16-6-5-15(22-16)11-7-8-23-10-11/h1-8,10,14,20H,9H2,(H,19,21)/t14-/m0/s1. The minimum absolute atomic E-state index is 0.0801. The van der Waals surface area contributed by atoms with Crippen molar-refractivity contribution in [3.05, 3.63) is 69.0 Å². The van der Waals surface area contributed by atoms with Crippen molar-refractivity contribution in [2.75, 3.05) is 6.54 Å². The molecule has 23 heavy (non-hydrogen) atoms. The van der Waals surface area contributed by atoms with Gasteiger partial charge in [0.2, 0.25) is 0 Å². The highest BCUT2D eigenvalue weighted by molar-refractivity contribution is 9.10. The molecule has 0 radical (unpaired) electrons. The Morgan fingerprint density at radius 3 is 2.83 bits per heavy atom. The van der Waals surface area contributed by atoms with Gasteiger partial charge in [0.05, 0.1) is 12.1 Å². The average Bonchev–Trinajstić information content (AvgIpc) is 3.23. The third kappa shape index (κ3) is 3.72. The van der Waals surface area contributed by atoms with Gasteiger partial charge in [0, 0.05) is 15.4 Å². The van der Waals surface area contributed by atoms with Crippen LogP contribution in [-0.2, 0) is 0 Å². The van der Waals surface area contributed by atoms with Gasteiger partial charge in [-0.05, 0) is 51.6 Å². The highest BCUT2D eigenvalue weighted by Crippen LogP contribution is 2.27. The maximum atomic E-state index is 12.1. The van der Waals surface area contributed by atoms with E-state index in [-0.39, 0.29) is 12.5 Å². The third-order valence-corrected chi connectivity index (χ3v) is 4.71. The first-order valence-corrected chi connectivity index (χ1v) is 8.72. The van der Waals surface area contributed by atoms with Crippen molar-refractivity contribution >= 4 is 33.2 Å². The Morgan fingerprint density at radius 2 is 2.09 bits per heavy atom. The Labute approximate surface area is 145 Å². The summed E-state index contributed by atoms with van der Waals surface area (Å²) in [6, 6.07) is 12.6. The smallest absolute Gasteiger partial charge is 0.252 e. The molecule has 1 aromatic carbocycles. The molecule has 0 aliphatic carbocycles. The van der Waals surface area contributed by atoms with E-state index >= 15 is 0 Å². The van der Waals surface area contributed by atoms with Gasteiger partial charge in [0.15, 0.2) is 0 Å². The normalized spacial score (nSPS) is 12.1. The fourth-order valence-corrected chi connectivity index (χ4v) is 3.23. The molecule has 0 saturated heterocycles. The first-order chi connectivity index (χ1) is 11.1. The molecule has 0 bridgehead atoms. The number of amides is 1. The van der Waals surface area contributed by atoms with Crippen LogP contribution in [-0.4, -0.2) is 17.6 Å². The maximum absolute atomic E-state index is 12.1. The molecule has 0 fully saturated rings. The molecule has 1 amide bonds. The largest absolute Gasteiger partial charge is 0.458 e. The van der Waals surface area contributed by atoms with Crippen LogP contribution in [0.3, 0.4) is 0 Å². The lowest BCUT2D eigenvalue weighted by Crippen LogP contribution is -2.28. The zero-order valence-corrected chi connectivity index (χ0v) is 14.4.